The number of rotatable bonds is 19. The Morgan fingerprint density at radius 1 is 0.776 bits per heavy atom. The van der Waals surface area contributed by atoms with E-state index < -0.39 is 41.8 Å². The number of carbonyl (C=O) groups excluding carboxylic acids is 4. The normalized spacial score (nSPS) is 12.3. The lowest BCUT2D eigenvalue weighted by atomic mass is 10.0. The smallest absolute Gasteiger partial charge is 0.251 e. The first kappa shape index (κ1) is 37.5. The third-order valence-corrected chi connectivity index (χ3v) is 7.46. The number of hydrogen-bond acceptors (Lipinski definition) is 8. The van der Waals surface area contributed by atoms with Crippen molar-refractivity contribution < 1.29 is 23.9 Å². The summed E-state index contributed by atoms with van der Waals surface area (Å²) in [6.45, 7) is 0.867. The summed E-state index contributed by atoms with van der Waals surface area (Å²) in [4.78, 5) is 56.6. The van der Waals surface area contributed by atoms with Crippen molar-refractivity contribution >= 4 is 29.6 Å². The Morgan fingerprint density at radius 2 is 1.41 bits per heavy atom. The minimum atomic E-state index is -1.21. The van der Waals surface area contributed by atoms with Crippen LogP contribution in [0.2, 0.25) is 0 Å². The van der Waals surface area contributed by atoms with Gasteiger partial charge in [0.1, 0.15) is 30.5 Å². The Kier molecular flexibility index (Phi) is 15.1. The van der Waals surface area contributed by atoms with E-state index in [-0.39, 0.29) is 32.0 Å². The zero-order valence-electron chi connectivity index (χ0n) is 27.1. The highest BCUT2D eigenvalue weighted by Gasteiger charge is 2.29. The fourth-order valence-corrected chi connectivity index (χ4v) is 4.80. The van der Waals surface area contributed by atoms with Gasteiger partial charge in [-0.1, -0.05) is 42.5 Å². The first-order valence-electron chi connectivity index (χ1n) is 15.8. The number of guanidine groups is 1. The van der Waals surface area contributed by atoms with Gasteiger partial charge in [-0.05, 0) is 86.2 Å². The molecule has 0 unspecified atom stereocenters. The van der Waals surface area contributed by atoms with E-state index in [1.54, 1.807) is 78.9 Å². The van der Waals surface area contributed by atoms with E-state index in [9.17, 15) is 19.2 Å². The Labute approximate surface area is 285 Å². The second-order valence-corrected chi connectivity index (χ2v) is 11.2. The van der Waals surface area contributed by atoms with Gasteiger partial charge < -0.3 is 43.6 Å². The van der Waals surface area contributed by atoms with Crippen LogP contribution in [0.5, 0.6) is 5.75 Å². The molecular formula is C35H43N9O5. The van der Waals surface area contributed by atoms with Gasteiger partial charge in [0.05, 0.1) is 11.6 Å². The SMILES string of the molecule is N#Cc1ccc(COc2ccc([C@@H](NC(=O)[C@H](CCCCN)NC(=O)[C@H](CCCN=C(N)N)NC(=O)c3ccccc3)C(N)=O)cc2)cc1. The standard InChI is InChI=1S/C35H43N9O5/c36-19-5-4-9-28(43-33(47)29(10-6-20-41-35(39)40)42-32(46)26-7-2-1-3-8-26)34(48)44-30(31(38)45)25-15-17-27(18-16-25)49-22-24-13-11-23(21-37)12-14-24/h1-3,7-8,11-18,28-30H,4-6,9-10,19-20,22,36H2,(H2,38,45)(H,42,46)(H,43,47)(H,44,48)(H4,39,40,41)/t28-,29-,30+/m0/s1. The summed E-state index contributed by atoms with van der Waals surface area (Å²) < 4.78 is 5.81. The van der Waals surface area contributed by atoms with Gasteiger partial charge in [-0.25, -0.2) is 0 Å². The molecule has 3 aromatic carbocycles. The summed E-state index contributed by atoms with van der Waals surface area (Å²) in [7, 11) is 0. The summed E-state index contributed by atoms with van der Waals surface area (Å²) in [5.41, 5.74) is 24.4. The monoisotopic (exact) mass is 669 g/mol. The van der Waals surface area contributed by atoms with E-state index in [1.807, 2.05) is 0 Å². The van der Waals surface area contributed by atoms with Gasteiger partial charge in [0.2, 0.25) is 17.7 Å². The molecule has 0 spiro atoms. The van der Waals surface area contributed by atoms with Crippen molar-refractivity contribution in [2.24, 2.45) is 27.9 Å². The number of nitriles is 1. The average molecular weight is 670 g/mol. The van der Waals surface area contributed by atoms with Crippen molar-refractivity contribution in [3.8, 4) is 11.8 Å². The van der Waals surface area contributed by atoms with Crippen LogP contribution in [0.25, 0.3) is 0 Å². The van der Waals surface area contributed by atoms with Crippen molar-refractivity contribution in [2.75, 3.05) is 13.1 Å². The maximum absolute atomic E-state index is 13.6. The molecule has 0 radical (unpaired) electrons. The van der Waals surface area contributed by atoms with E-state index in [2.05, 4.69) is 27.0 Å². The van der Waals surface area contributed by atoms with Gasteiger partial charge in [-0.15, -0.1) is 0 Å². The Morgan fingerprint density at radius 3 is 2.02 bits per heavy atom. The quantitative estimate of drug-likeness (QED) is 0.0550. The Bertz CT molecular complexity index is 1600. The number of nitrogens with one attached hydrogen (secondary N) is 3. The largest absolute Gasteiger partial charge is 0.489 e. The molecule has 0 heterocycles. The van der Waals surface area contributed by atoms with Crippen LogP contribution in [0.15, 0.2) is 83.9 Å². The maximum atomic E-state index is 13.6. The van der Waals surface area contributed by atoms with Crippen LogP contribution in [0.3, 0.4) is 0 Å². The third kappa shape index (κ3) is 12.6. The molecule has 0 saturated heterocycles. The van der Waals surface area contributed by atoms with E-state index >= 15 is 0 Å². The van der Waals surface area contributed by atoms with Crippen LogP contribution >= 0.6 is 0 Å². The molecule has 0 fully saturated rings. The van der Waals surface area contributed by atoms with E-state index in [1.165, 1.54) is 0 Å². The highest BCUT2D eigenvalue weighted by atomic mass is 16.5. The van der Waals surface area contributed by atoms with Gasteiger partial charge in [0, 0.05) is 12.1 Å². The minimum absolute atomic E-state index is 0.0970. The Balaban J connectivity index is 1.72. The number of amides is 4. The number of hydrogen-bond donors (Lipinski definition) is 7. The predicted octanol–water partition coefficient (Wildman–Crippen LogP) is 1.25. The topological polar surface area (TPSA) is 254 Å². The fraction of sp³-hybridized carbons (Fsp3) is 0.314. The number of unbranched alkanes of at least 4 members (excludes halogenated alkanes) is 1. The fourth-order valence-electron chi connectivity index (χ4n) is 4.80. The zero-order chi connectivity index (χ0) is 35.6. The molecule has 11 N–H and O–H groups in total. The summed E-state index contributed by atoms with van der Waals surface area (Å²) in [6, 6.07) is 20.7. The molecule has 4 amide bonds. The summed E-state index contributed by atoms with van der Waals surface area (Å²) in [5, 5.41) is 17.1. The van der Waals surface area contributed by atoms with Crippen LogP contribution in [0.1, 0.15) is 65.2 Å². The summed E-state index contributed by atoms with van der Waals surface area (Å²) in [5.74, 6) is -2.09. The van der Waals surface area contributed by atoms with Gasteiger partial charge in [-0.3, -0.25) is 24.2 Å². The van der Waals surface area contributed by atoms with Crippen molar-refractivity contribution in [3.63, 3.8) is 0 Å². The molecule has 0 aliphatic carbocycles. The van der Waals surface area contributed by atoms with E-state index in [4.69, 9.17) is 32.9 Å². The molecule has 3 atom stereocenters. The lowest BCUT2D eigenvalue weighted by molar-refractivity contribution is -0.132. The number of benzene rings is 3. The zero-order valence-corrected chi connectivity index (χ0v) is 27.1. The van der Waals surface area contributed by atoms with Crippen molar-refractivity contribution in [3.05, 3.63) is 101 Å². The number of carbonyl (C=O) groups is 4. The molecule has 0 aliphatic heterocycles. The highest BCUT2D eigenvalue weighted by molar-refractivity contribution is 5.98. The molecule has 0 aromatic heterocycles. The molecule has 3 aromatic rings. The van der Waals surface area contributed by atoms with Crippen LogP contribution in [-0.4, -0.2) is 54.8 Å². The van der Waals surface area contributed by atoms with Crippen LogP contribution < -0.4 is 43.6 Å². The van der Waals surface area contributed by atoms with Crippen molar-refractivity contribution in [1.29, 1.82) is 5.26 Å². The summed E-state index contributed by atoms with van der Waals surface area (Å²) in [6.07, 6.45) is 1.87. The number of ether oxygens (including phenoxy) is 1. The maximum Gasteiger partial charge on any atom is 0.251 e. The number of nitrogens with two attached hydrogens (primary N) is 4. The first-order valence-corrected chi connectivity index (χ1v) is 15.8. The molecule has 258 valence electrons. The molecule has 3 rings (SSSR count). The predicted molar refractivity (Wildman–Crippen MR) is 184 cm³/mol. The molecular weight excluding hydrogens is 626 g/mol. The van der Waals surface area contributed by atoms with E-state index in [0.717, 1.165) is 5.56 Å². The van der Waals surface area contributed by atoms with Gasteiger partial charge >= 0.3 is 0 Å². The number of aliphatic imine (C=N–C) groups is 1. The van der Waals surface area contributed by atoms with E-state index in [0.29, 0.717) is 48.2 Å². The number of nitrogens with zero attached hydrogens (tertiary/aromatic N) is 2. The molecule has 14 heteroatoms. The van der Waals surface area contributed by atoms with Crippen LogP contribution in [0.4, 0.5) is 0 Å². The lowest BCUT2D eigenvalue weighted by Crippen LogP contribution is -2.54. The molecule has 0 bridgehead atoms. The molecule has 0 saturated carbocycles. The van der Waals surface area contributed by atoms with Gasteiger partial charge in [0.25, 0.3) is 5.91 Å². The van der Waals surface area contributed by atoms with Crippen LogP contribution in [0, 0.1) is 11.3 Å². The third-order valence-electron chi connectivity index (χ3n) is 7.46. The Hall–Kier alpha value is -5.94. The molecule has 14 nitrogen and oxygen atoms in total. The average Bonchev–Trinajstić information content (AvgIpc) is 3.11. The number of primary amides is 1. The van der Waals surface area contributed by atoms with Crippen molar-refractivity contribution in [1.82, 2.24) is 16.0 Å². The van der Waals surface area contributed by atoms with Gasteiger partial charge in [0.15, 0.2) is 5.96 Å². The summed E-state index contributed by atoms with van der Waals surface area (Å²) >= 11 is 0. The molecule has 0 aliphatic rings. The van der Waals surface area contributed by atoms with Gasteiger partial charge in [-0.2, -0.15) is 5.26 Å². The second kappa shape index (κ2) is 19.7. The lowest BCUT2D eigenvalue weighted by Gasteiger charge is -2.25. The van der Waals surface area contributed by atoms with Crippen LogP contribution in [-0.2, 0) is 21.0 Å². The van der Waals surface area contributed by atoms with Crippen molar-refractivity contribution in [2.45, 2.75) is 56.8 Å². The minimum Gasteiger partial charge on any atom is -0.489 e. The highest BCUT2D eigenvalue weighted by Crippen LogP contribution is 2.20. The second-order valence-electron chi connectivity index (χ2n) is 11.2. The first-order chi connectivity index (χ1) is 23.6. The molecule has 49 heavy (non-hydrogen) atoms.